The molecule has 0 amide bonds. The highest BCUT2D eigenvalue weighted by Crippen LogP contribution is 2.28. The van der Waals surface area contributed by atoms with E-state index in [4.69, 9.17) is 28.5 Å². The highest BCUT2D eigenvalue weighted by Gasteiger charge is 2.09. The second kappa shape index (κ2) is 7.66. The van der Waals surface area contributed by atoms with Crippen LogP contribution in [0.2, 0.25) is 10.0 Å². The summed E-state index contributed by atoms with van der Waals surface area (Å²) in [5.41, 5.74) is 3.27. The van der Waals surface area contributed by atoms with Gasteiger partial charge in [0.25, 0.3) is 0 Å². The third-order valence-corrected chi connectivity index (χ3v) is 5.10. The summed E-state index contributed by atoms with van der Waals surface area (Å²) < 4.78 is 1.75. The largest absolute Gasteiger partial charge is 0.261 e. The van der Waals surface area contributed by atoms with Crippen molar-refractivity contribution in [1.82, 2.24) is 4.68 Å². The van der Waals surface area contributed by atoms with Crippen LogP contribution in [0.25, 0.3) is 11.3 Å². The Morgan fingerprint density at radius 1 is 1.12 bits per heavy atom. The maximum Gasteiger partial charge on any atom is 0.205 e. The minimum absolute atomic E-state index is 0.489. The van der Waals surface area contributed by atoms with Crippen molar-refractivity contribution in [3.63, 3.8) is 0 Å². The molecular formula is C18H12Cl2N4S. The van der Waals surface area contributed by atoms with Crippen LogP contribution in [0.4, 0.5) is 0 Å². The molecule has 0 radical (unpaired) electrons. The summed E-state index contributed by atoms with van der Waals surface area (Å²) in [7, 11) is 1.72. The zero-order chi connectivity index (χ0) is 17.8. The van der Waals surface area contributed by atoms with Gasteiger partial charge in [0, 0.05) is 18.0 Å². The van der Waals surface area contributed by atoms with E-state index in [1.807, 2.05) is 23.6 Å². The molecule has 0 aliphatic rings. The van der Waals surface area contributed by atoms with E-state index in [1.165, 1.54) is 11.3 Å². The lowest BCUT2D eigenvalue weighted by Gasteiger charge is -2.05. The van der Waals surface area contributed by atoms with Crippen molar-refractivity contribution in [3.8, 4) is 17.3 Å². The number of aromatic nitrogens is 1. The maximum absolute atomic E-state index is 8.86. The van der Waals surface area contributed by atoms with E-state index in [2.05, 4.69) is 16.2 Å². The number of benzene rings is 2. The molecule has 3 rings (SSSR count). The average molecular weight is 387 g/mol. The van der Waals surface area contributed by atoms with Crippen molar-refractivity contribution < 1.29 is 0 Å². The molecule has 1 heterocycles. The Morgan fingerprint density at radius 3 is 2.52 bits per heavy atom. The first kappa shape index (κ1) is 17.4. The normalized spacial score (nSPS) is 11.8. The molecule has 0 N–H and O–H groups in total. The summed E-state index contributed by atoms with van der Waals surface area (Å²) in [5, 5.41) is 16.4. The summed E-state index contributed by atoms with van der Waals surface area (Å²) >= 11 is 13.6. The molecule has 124 valence electrons. The molecule has 0 bridgehead atoms. The molecule has 0 fully saturated rings. The van der Waals surface area contributed by atoms with Crippen LogP contribution in [0.15, 0.2) is 57.9 Å². The van der Waals surface area contributed by atoms with Gasteiger partial charge in [0.2, 0.25) is 4.80 Å². The number of halogens is 2. The van der Waals surface area contributed by atoms with Gasteiger partial charge in [-0.25, -0.2) is 4.68 Å². The molecule has 4 nitrogen and oxygen atoms in total. The van der Waals surface area contributed by atoms with E-state index in [0.29, 0.717) is 15.6 Å². The second-order valence-corrected chi connectivity index (χ2v) is 6.70. The van der Waals surface area contributed by atoms with Crippen LogP contribution in [-0.4, -0.2) is 17.9 Å². The van der Waals surface area contributed by atoms with Crippen LogP contribution in [0.5, 0.6) is 0 Å². The van der Waals surface area contributed by atoms with Gasteiger partial charge in [-0.2, -0.15) is 10.4 Å². The Kier molecular flexibility index (Phi) is 5.34. The van der Waals surface area contributed by atoms with Crippen LogP contribution in [0, 0.1) is 11.3 Å². The molecule has 0 saturated heterocycles. The van der Waals surface area contributed by atoms with Gasteiger partial charge in [-0.3, -0.25) is 4.99 Å². The second-order valence-electron chi connectivity index (χ2n) is 5.05. The minimum atomic E-state index is 0.489. The highest BCUT2D eigenvalue weighted by molar-refractivity contribution is 7.07. The molecule has 0 aliphatic carbocycles. The fraction of sp³-hybridized carbons (Fsp3) is 0.0556. The fourth-order valence-electron chi connectivity index (χ4n) is 2.18. The smallest absolute Gasteiger partial charge is 0.205 e. The first-order valence-electron chi connectivity index (χ1n) is 7.25. The standard InChI is InChI=1S/C18H12Cl2N4S/c1-22-18-24(23-10-13-4-2-12(9-21)3-5-13)17(11-25-18)14-6-7-15(19)16(20)8-14/h2-8,10-11H,1H3. The van der Waals surface area contributed by atoms with Gasteiger partial charge >= 0.3 is 0 Å². The van der Waals surface area contributed by atoms with E-state index in [9.17, 15) is 0 Å². The van der Waals surface area contributed by atoms with Crippen LogP contribution in [0.3, 0.4) is 0 Å². The fourth-order valence-corrected chi connectivity index (χ4v) is 3.29. The molecule has 0 saturated carbocycles. The Morgan fingerprint density at radius 2 is 1.88 bits per heavy atom. The zero-order valence-corrected chi connectivity index (χ0v) is 15.5. The first-order chi connectivity index (χ1) is 12.1. The van der Waals surface area contributed by atoms with E-state index >= 15 is 0 Å². The van der Waals surface area contributed by atoms with Gasteiger partial charge in [0.15, 0.2) is 0 Å². The molecular weight excluding hydrogens is 375 g/mol. The lowest BCUT2D eigenvalue weighted by atomic mass is 10.2. The van der Waals surface area contributed by atoms with E-state index in [1.54, 1.807) is 42.2 Å². The van der Waals surface area contributed by atoms with Crippen molar-refractivity contribution in [1.29, 1.82) is 5.26 Å². The highest BCUT2D eigenvalue weighted by atomic mass is 35.5. The summed E-state index contributed by atoms with van der Waals surface area (Å²) in [5.74, 6) is 0. The Labute approximate surface area is 158 Å². The van der Waals surface area contributed by atoms with Gasteiger partial charge < -0.3 is 0 Å². The first-order valence-corrected chi connectivity index (χ1v) is 8.89. The predicted octanol–water partition coefficient (Wildman–Crippen LogP) is 4.81. The third kappa shape index (κ3) is 3.83. The van der Waals surface area contributed by atoms with Gasteiger partial charge in [-0.1, -0.05) is 41.4 Å². The number of nitrogens with zero attached hydrogens (tertiary/aromatic N) is 4. The lowest BCUT2D eigenvalue weighted by Crippen LogP contribution is -2.11. The molecule has 0 unspecified atom stereocenters. The average Bonchev–Trinajstić information content (AvgIpc) is 3.05. The topological polar surface area (TPSA) is 53.4 Å². The Hall–Kier alpha value is -2.39. The molecule has 25 heavy (non-hydrogen) atoms. The van der Waals surface area contributed by atoms with Gasteiger partial charge in [-0.15, -0.1) is 11.3 Å². The molecule has 1 aromatic heterocycles. The lowest BCUT2D eigenvalue weighted by molar-refractivity contribution is 0.848. The molecule has 0 aliphatic heterocycles. The van der Waals surface area contributed by atoms with Gasteiger partial charge in [0.05, 0.1) is 33.6 Å². The summed E-state index contributed by atoms with van der Waals surface area (Å²) in [6.45, 7) is 0. The van der Waals surface area contributed by atoms with Crippen molar-refractivity contribution in [2.24, 2.45) is 10.1 Å². The van der Waals surface area contributed by atoms with Crippen molar-refractivity contribution in [2.75, 3.05) is 7.05 Å². The van der Waals surface area contributed by atoms with E-state index in [-0.39, 0.29) is 0 Å². The zero-order valence-electron chi connectivity index (χ0n) is 13.1. The number of hydrogen-bond donors (Lipinski definition) is 0. The molecule has 0 atom stereocenters. The van der Waals surface area contributed by atoms with Gasteiger partial charge in [0.1, 0.15) is 0 Å². The molecule has 7 heteroatoms. The number of thiazole rings is 1. The number of nitriles is 1. The van der Waals surface area contributed by atoms with Crippen LogP contribution >= 0.6 is 34.5 Å². The molecule has 2 aromatic carbocycles. The molecule has 3 aromatic rings. The summed E-state index contributed by atoms with van der Waals surface area (Å²) in [6.07, 6.45) is 1.73. The summed E-state index contributed by atoms with van der Waals surface area (Å²) in [6, 6.07) is 14.7. The van der Waals surface area contributed by atoms with Crippen LogP contribution in [-0.2, 0) is 0 Å². The van der Waals surface area contributed by atoms with E-state index in [0.717, 1.165) is 21.6 Å². The summed E-state index contributed by atoms with van der Waals surface area (Å²) in [4.78, 5) is 5.02. The van der Waals surface area contributed by atoms with Gasteiger partial charge in [-0.05, 0) is 29.8 Å². The number of rotatable bonds is 3. The van der Waals surface area contributed by atoms with E-state index < -0.39 is 0 Å². The SMILES string of the molecule is CN=c1scc(-c2ccc(Cl)c(Cl)c2)n1N=Cc1ccc(C#N)cc1. The monoisotopic (exact) mass is 386 g/mol. The quantitative estimate of drug-likeness (QED) is 0.595. The van der Waals surface area contributed by atoms with Crippen LogP contribution in [0.1, 0.15) is 11.1 Å². The molecule has 0 spiro atoms. The van der Waals surface area contributed by atoms with Crippen LogP contribution < -0.4 is 4.80 Å². The number of hydrogen-bond acceptors (Lipinski definition) is 4. The minimum Gasteiger partial charge on any atom is -0.261 e. The predicted molar refractivity (Wildman–Crippen MR) is 103 cm³/mol. The van der Waals surface area contributed by atoms with Crippen molar-refractivity contribution in [3.05, 3.63) is 73.8 Å². The van der Waals surface area contributed by atoms with Crippen molar-refractivity contribution in [2.45, 2.75) is 0 Å². The maximum atomic E-state index is 8.86. The Bertz CT molecular complexity index is 1040. The third-order valence-electron chi connectivity index (χ3n) is 3.45. The Balaban J connectivity index is 2.03. The van der Waals surface area contributed by atoms with Crippen molar-refractivity contribution >= 4 is 40.8 Å².